The molecule has 4 rings (SSSR count). The van der Waals surface area contributed by atoms with Gasteiger partial charge >= 0.3 is 0 Å². The molecule has 37 heavy (non-hydrogen) atoms. The van der Waals surface area contributed by atoms with Crippen molar-refractivity contribution < 1.29 is 24.5 Å². The lowest BCUT2D eigenvalue weighted by Gasteiger charge is -2.37. The lowest BCUT2D eigenvalue weighted by Crippen LogP contribution is -2.55. The van der Waals surface area contributed by atoms with Gasteiger partial charge in [-0.25, -0.2) is 0 Å². The van der Waals surface area contributed by atoms with Crippen LogP contribution < -0.4 is 15.0 Å². The van der Waals surface area contributed by atoms with Crippen LogP contribution >= 0.6 is 11.6 Å². The van der Waals surface area contributed by atoms with E-state index in [1.807, 2.05) is 49.4 Å². The molecule has 1 aliphatic rings. The average Bonchev–Trinajstić information content (AvgIpc) is 2.91. The number of carbonyl (C=O) groups excluding carboxylic acids is 2. The molecular formula is C28H30ClN3O5. The predicted molar refractivity (Wildman–Crippen MR) is 142 cm³/mol. The molecule has 0 aromatic heterocycles. The molecule has 1 aliphatic heterocycles. The standard InChI is InChI=1S/C28H30ClN3O5/c1-19-5-4-6-22(17-19)37-21-11-9-20(10-12-21)18-30-27(35)25(33)26(34)28(36)32-15-13-31(14-16-32)24-8-3-2-7-23(24)29/h2-12,17,25-26,33-34H,13-16,18H2,1H3,(H,30,35). The number of hydrogen-bond acceptors (Lipinski definition) is 6. The number of anilines is 1. The predicted octanol–water partition coefficient (Wildman–Crippen LogP) is 3.13. The van der Waals surface area contributed by atoms with E-state index in [9.17, 15) is 19.8 Å². The average molecular weight is 524 g/mol. The van der Waals surface area contributed by atoms with Gasteiger partial charge in [0.25, 0.3) is 11.8 Å². The molecule has 0 saturated carbocycles. The highest BCUT2D eigenvalue weighted by Gasteiger charge is 2.34. The van der Waals surface area contributed by atoms with E-state index in [0.29, 0.717) is 37.0 Å². The molecule has 2 amide bonds. The third-order valence-electron chi connectivity index (χ3n) is 6.22. The van der Waals surface area contributed by atoms with Crippen LogP contribution in [0.1, 0.15) is 11.1 Å². The number of para-hydroxylation sites is 1. The van der Waals surface area contributed by atoms with Crippen molar-refractivity contribution in [3.8, 4) is 11.5 Å². The van der Waals surface area contributed by atoms with Gasteiger partial charge in [-0.2, -0.15) is 0 Å². The molecule has 194 valence electrons. The van der Waals surface area contributed by atoms with E-state index in [0.717, 1.165) is 22.6 Å². The SMILES string of the molecule is Cc1cccc(Oc2ccc(CNC(=O)C(O)C(O)C(=O)N3CCN(c4ccccc4Cl)CC3)cc2)c1. The minimum Gasteiger partial charge on any atom is -0.457 e. The third-order valence-corrected chi connectivity index (χ3v) is 6.54. The van der Waals surface area contributed by atoms with E-state index >= 15 is 0 Å². The molecule has 2 unspecified atom stereocenters. The Bertz CT molecular complexity index is 1230. The molecule has 1 fully saturated rings. The number of carbonyl (C=O) groups is 2. The highest BCUT2D eigenvalue weighted by molar-refractivity contribution is 6.33. The third kappa shape index (κ3) is 6.80. The molecule has 3 N–H and O–H groups in total. The second-order valence-electron chi connectivity index (χ2n) is 8.93. The monoisotopic (exact) mass is 523 g/mol. The molecule has 1 saturated heterocycles. The minimum absolute atomic E-state index is 0.123. The summed E-state index contributed by atoms with van der Waals surface area (Å²) in [5.41, 5.74) is 2.75. The number of piperazine rings is 1. The van der Waals surface area contributed by atoms with Gasteiger partial charge in [-0.3, -0.25) is 9.59 Å². The first kappa shape index (κ1) is 26.5. The zero-order valence-corrected chi connectivity index (χ0v) is 21.3. The molecule has 0 bridgehead atoms. The summed E-state index contributed by atoms with van der Waals surface area (Å²) in [5, 5.41) is 23.9. The molecular weight excluding hydrogens is 494 g/mol. The van der Waals surface area contributed by atoms with Gasteiger partial charge in [0.05, 0.1) is 10.7 Å². The lowest BCUT2D eigenvalue weighted by atomic mass is 10.1. The van der Waals surface area contributed by atoms with Gasteiger partial charge in [-0.1, -0.05) is 48.0 Å². The number of aliphatic hydroxyl groups excluding tert-OH is 2. The van der Waals surface area contributed by atoms with Gasteiger partial charge in [0.15, 0.2) is 12.2 Å². The van der Waals surface area contributed by atoms with E-state index in [4.69, 9.17) is 16.3 Å². The number of nitrogens with one attached hydrogen (secondary N) is 1. The number of benzene rings is 3. The van der Waals surface area contributed by atoms with Crippen molar-refractivity contribution >= 4 is 29.1 Å². The van der Waals surface area contributed by atoms with Crippen molar-refractivity contribution in [3.05, 3.63) is 88.9 Å². The Morgan fingerprint density at radius 3 is 2.30 bits per heavy atom. The van der Waals surface area contributed by atoms with Crippen LogP contribution in [-0.4, -0.2) is 65.3 Å². The highest BCUT2D eigenvalue weighted by Crippen LogP contribution is 2.26. The fourth-order valence-corrected chi connectivity index (χ4v) is 4.38. The number of amides is 2. The second-order valence-corrected chi connectivity index (χ2v) is 9.34. The molecule has 3 aromatic carbocycles. The molecule has 1 heterocycles. The molecule has 2 atom stereocenters. The van der Waals surface area contributed by atoms with Gasteiger partial charge in [0.2, 0.25) is 0 Å². The summed E-state index contributed by atoms with van der Waals surface area (Å²) in [6, 6.07) is 22.3. The van der Waals surface area contributed by atoms with E-state index in [1.54, 1.807) is 30.3 Å². The maximum atomic E-state index is 12.7. The van der Waals surface area contributed by atoms with E-state index in [2.05, 4.69) is 10.2 Å². The van der Waals surface area contributed by atoms with Crippen LogP contribution in [0.2, 0.25) is 5.02 Å². The van der Waals surface area contributed by atoms with Crippen molar-refractivity contribution in [2.75, 3.05) is 31.1 Å². The first-order chi connectivity index (χ1) is 17.8. The number of aliphatic hydroxyl groups is 2. The molecule has 0 radical (unpaired) electrons. The van der Waals surface area contributed by atoms with E-state index in [1.165, 1.54) is 4.90 Å². The van der Waals surface area contributed by atoms with Crippen molar-refractivity contribution in [2.24, 2.45) is 0 Å². The fraction of sp³-hybridized carbons (Fsp3) is 0.286. The number of nitrogens with zero attached hydrogens (tertiary/aromatic N) is 2. The normalized spacial score (nSPS) is 15.1. The van der Waals surface area contributed by atoms with Gasteiger partial charge < -0.3 is 30.1 Å². The summed E-state index contributed by atoms with van der Waals surface area (Å²) in [7, 11) is 0. The van der Waals surface area contributed by atoms with Gasteiger partial charge in [-0.15, -0.1) is 0 Å². The van der Waals surface area contributed by atoms with E-state index < -0.39 is 24.0 Å². The quantitative estimate of drug-likeness (QED) is 0.419. The maximum Gasteiger partial charge on any atom is 0.254 e. The van der Waals surface area contributed by atoms with Crippen molar-refractivity contribution in [1.82, 2.24) is 10.2 Å². The number of halogens is 1. The maximum absolute atomic E-state index is 12.7. The Labute approximate surface area is 221 Å². The number of ether oxygens (including phenoxy) is 1. The second kappa shape index (κ2) is 12.1. The Morgan fingerprint density at radius 2 is 1.62 bits per heavy atom. The van der Waals surface area contributed by atoms with Crippen molar-refractivity contribution in [3.63, 3.8) is 0 Å². The Hall–Kier alpha value is -3.59. The van der Waals surface area contributed by atoms with Gasteiger partial charge in [-0.05, 0) is 54.4 Å². The van der Waals surface area contributed by atoms with Crippen LogP contribution in [0.5, 0.6) is 11.5 Å². The van der Waals surface area contributed by atoms with Crippen LogP contribution in [0.3, 0.4) is 0 Å². The molecule has 9 heteroatoms. The number of aryl methyl sites for hydroxylation is 1. The molecule has 8 nitrogen and oxygen atoms in total. The van der Waals surface area contributed by atoms with Crippen LogP contribution in [0.15, 0.2) is 72.8 Å². The smallest absolute Gasteiger partial charge is 0.254 e. The van der Waals surface area contributed by atoms with Crippen molar-refractivity contribution in [2.45, 2.75) is 25.7 Å². The zero-order chi connectivity index (χ0) is 26.4. The van der Waals surface area contributed by atoms with Crippen LogP contribution in [0, 0.1) is 6.92 Å². The Morgan fingerprint density at radius 1 is 0.919 bits per heavy atom. The fourth-order valence-electron chi connectivity index (χ4n) is 4.13. The zero-order valence-electron chi connectivity index (χ0n) is 20.5. The molecule has 3 aromatic rings. The van der Waals surface area contributed by atoms with Crippen LogP contribution in [0.25, 0.3) is 0 Å². The highest BCUT2D eigenvalue weighted by atomic mass is 35.5. The van der Waals surface area contributed by atoms with E-state index in [-0.39, 0.29) is 6.54 Å². The molecule has 0 aliphatic carbocycles. The molecule has 0 spiro atoms. The van der Waals surface area contributed by atoms with Crippen molar-refractivity contribution in [1.29, 1.82) is 0 Å². The summed E-state index contributed by atoms with van der Waals surface area (Å²) in [4.78, 5) is 28.6. The summed E-state index contributed by atoms with van der Waals surface area (Å²) in [5.74, 6) is -0.126. The Kier molecular flexibility index (Phi) is 8.66. The Balaban J connectivity index is 1.24. The largest absolute Gasteiger partial charge is 0.457 e. The van der Waals surface area contributed by atoms with Crippen LogP contribution in [0.4, 0.5) is 5.69 Å². The van der Waals surface area contributed by atoms with Gasteiger partial charge in [0, 0.05) is 32.7 Å². The number of rotatable bonds is 8. The minimum atomic E-state index is -1.88. The summed E-state index contributed by atoms with van der Waals surface area (Å²) in [6.07, 6.45) is -3.73. The topological polar surface area (TPSA) is 102 Å². The lowest BCUT2D eigenvalue weighted by molar-refractivity contribution is -0.153. The van der Waals surface area contributed by atoms with Gasteiger partial charge in [0.1, 0.15) is 11.5 Å². The van der Waals surface area contributed by atoms with Crippen LogP contribution in [-0.2, 0) is 16.1 Å². The summed E-state index contributed by atoms with van der Waals surface area (Å²) >= 11 is 6.26. The summed E-state index contributed by atoms with van der Waals surface area (Å²) < 4.78 is 5.82. The number of hydrogen-bond donors (Lipinski definition) is 3. The first-order valence-electron chi connectivity index (χ1n) is 12.1. The first-order valence-corrected chi connectivity index (χ1v) is 12.4. The summed E-state index contributed by atoms with van der Waals surface area (Å²) in [6.45, 7) is 3.83.